The van der Waals surface area contributed by atoms with E-state index in [0.717, 1.165) is 30.3 Å². The van der Waals surface area contributed by atoms with Gasteiger partial charge in [-0.3, -0.25) is 14.9 Å². The maximum absolute atomic E-state index is 12.8. The zero-order valence-electron chi connectivity index (χ0n) is 17.8. The van der Waals surface area contributed by atoms with E-state index >= 15 is 0 Å². The number of ketones is 1. The van der Waals surface area contributed by atoms with Crippen LogP contribution in [0.1, 0.15) is 22.8 Å². The van der Waals surface area contributed by atoms with Gasteiger partial charge in [0.05, 0.1) is 28.1 Å². The number of carbonyl (C=O) groups excluding carboxylic acids is 2. The Hall–Kier alpha value is -3.22. The first-order valence-electron chi connectivity index (χ1n) is 9.52. The van der Waals surface area contributed by atoms with Crippen molar-refractivity contribution in [2.75, 3.05) is 20.3 Å². The van der Waals surface area contributed by atoms with E-state index in [2.05, 4.69) is 0 Å². The quantitative estimate of drug-likeness (QED) is 0.257. The van der Waals surface area contributed by atoms with Crippen LogP contribution in [0.4, 0.5) is 18.9 Å². The van der Waals surface area contributed by atoms with Crippen molar-refractivity contribution in [1.29, 1.82) is 0 Å². The third kappa shape index (κ3) is 6.89. The maximum Gasteiger partial charge on any atom is 0.416 e. The molecule has 0 bridgehead atoms. The summed E-state index contributed by atoms with van der Waals surface area (Å²) in [6.07, 6.45) is -6.15. The molecule has 0 heterocycles. The summed E-state index contributed by atoms with van der Waals surface area (Å²) in [6.45, 7) is 0.640. The Labute approximate surface area is 196 Å². The third-order valence-corrected chi connectivity index (χ3v) is 4.82. The van der Waals surface area contributed by atoms with E-state index in [1.807, 2.05) is 0 Å². The van der Waals surface area contributed by atoms with Crippen molar-refractivity contribution in [3.63, 3.8) is 0 Å². The van der Waals surface area contributed by atoms with Crippen molar-refractivity contribution in [3.05, 3.63) is 62.7 Å². The average molecular weight is 505 g/mol. The number of benzene rings is 2. The summed E-state index contributed by atoms with van der Waals surface area (Å²) in [4.78, 5) is 34.4. The predicted molar refractivity (Wildman–Crippen MR) is 110 cm³/mol. The SMILES string of the molecule is COCC(C)C(OCC(=O)c1cc(Oc2ccc(C(F)(F)F)cc2Cl)ccc1[N+](=O)[O-])C(=O)[O-]. The van der Waals surface area contributed by atoms with Gasteiger partial charge in [0.15, 0.2) is 5.78 Å². The standard InChI is InChI=1S/C21H19ClF3NO8/c1-11(9-32-2)19(20(28)29)33-10-17(27)14-8-13(4-5-16(14)26(30)31)34-18-6-3-12(7-15(18)22)21(23,24)25/h3-8,11,19H,9-10H2,1-2H3,(H,28,29)/p-1. The molecule has 0 aromatic heterocycles. The van der Waals surface area contributed by atoms with Gasteiger partial charge in [-0.2, -0.15) is 13.2 Å². The van der Waals surface area contributed by atoms with E-state index in [1.54, 1.807) is 0 Å². The summed E-state index contributed by atoms with van der Waals surface area (Å²) in [5.41, 5.74) is -2.09. The highest BCUT2D eigenvalue weighted by Crippen LogP contribution is 2.37. The first kappa shape index (κ1) is 27.0. The molecule has 2 rings (SSSR count). The molecule has 0 aliphatic carbocycles. The molecule has 2 atom stereocenters. The average Bonchev–Trinajstić information content (AvgIpc) is 2.74. The van der Waals surface area contributed by atoms with Gasteiger partial charge < -0.3 is 24.1 Å². The lowest BCUT2D eigenvalue weighted by Gasteiger charge is -2.24. The minimum atomic E-state index is -4.63. The van der Waals surface area contributed by atoms with Crippen molar-refractivity contribution in [3.8, 4) is 11.5 Å². The summed E-state index contributed by atoms with van der Waals surface area (Å²) < 4.78 is 53.8. The second kappa shape index (κ2) is 11.3. The number of hydrogen-bond acceptors (Lipinski definition) is 8. The molecule has 34 heavy (non-hydrogen) atoms. The fourth-order valence-electron chi connectivity index (χ4n) is 2.91. The van der Waals surface area contributed by atoms with E-state index in [9.17, 15) is 38.0 Å². The highest BCUT2D eigenvalue weighted by atomic mass is 35.5. The van der Waals surface area contributed by atoms with E-state index in [-0.39, 0.29) is 23.1 Å². The van der Waals surface area contributed by atoms with Gasteiger partial charge in [-0.15, -0.1) is 0 Å². The fraction of sp³-hybridized carbons (Fsp3) is 0.333. The zero-order chi connectivity index (χ0) is 25.6. The summed E-state index contributed by atoms with van der Waals surface area (Å²) in [6, 6.07) is 5.37. The number of nitro groups is 1. The minimum Gasteiger partial charge on any atom is -0.547 e. The fourth-order valence-corrected chi connectivity index (χ4v) is 3.13. The van der Waals surface area contributed by atoms with Gasteiger partial charge in [-0.1, -0.05) is 18.5 Å². The molecule has 0 aliphatic rings. The highest BCUT2D eigenvalue weighted by molar-refractivity contribution is 6.32. The first-order valence-corrected chi connectivity index (χ1v) is 9.90. The molecule has 13 heteroatoms. The van der Waals surface area contributed by atoms with E-state index < -0.39 is 58.3 Å². The number of Topliss-reactive ketones (excluding diaryl/α,β-unsaturated/α-hetero) is 1. The molecule has 0 fully saturated rings. The Bertz CT molecular complexity index is 1080. The molecule has 0 saturated carbocycles. The molecule has 0 N–H and O–H groups in total. The molecule has 184 valence electrons. The van der Waals surface area contributed by atoms with E-state index in [0.29, 0.717) is 6.07 Å². The Morgan fingerprint density at radius 2 is 1.85 bits per heavy atom. The van der Waals surface area contributed by atoms with Crippen molar-refractivity contribution >= 4 is 29.0 Å². The largest absolute Gasteiger partial charge is 0.547 e. The summed E-state index contributed by atoms with van der Waals surface area (Å²) in [5, 5.41) is 22.3. The van der Waals surface area contributed by atoms with Crippen molar-refractivity contribution in [2.45, 2.75) is 19.2 Å². The predicted octanol–water partition coefficient (Wildman–Crippen LogP) is 3.66. The number of carboxylic acid groups (broad SMARTS) is 1. The molecule has 2 aromatic carbocycles. The number of nitro benzene ring substituents is 1. The molecule has 2 unspecified atom stereocenters. The molecule has 0 saturated heterocycles. The summed E-state index contributed by atoms with van der Waals surface area (Å²) in [5.74, 6) is -3.55. The van der Waals surface area contributed by atoms with Crippen LogP contribution >= 0.6 is 11.6 Å². The van der Waals surface area contributed by atoms with Crippen molar-refractivity contribution in [1.82, 2.24) is 0 Å². The van der Waals surface area contributed by atoms with Crippen LogP contribution < -0.4 is 9.84 Å². The smallest absolute Gasteiger partial charge is 0.416 e. The Balaban J connectivity index is 2.28. The number of methoxy groups -OCH3 is 1. The van der Waals surface area contributed by atoms with Gasteiger partial charge in [0.2, 0.25) is 0 Å². The van der Waals surface area contributed by atoms with Crippen LogP contribution in [0.5, 0.6) is 11.5 Å². The molecule has 2 aromatic rings. The second-order valence-electron chi connectivity index (χ2n) is 7.09. The van der Waals surface area contributed by atoms with Crippen molar-refractivity contribution < 1.29 is 47.0 Å². The highest BCUT2D eigenvalue weighted by Gasteiger charge is 2.31. The van der Waals surface area contributed by atoms with Crippen LogP contribution in [0.25, 0.3) is 0 Å². The Morgan fingerprint density at radius 1 is 1.18 bits per heavy atom. The molecule has 0 aliphatic heterocycles. The van der Waals surface area contributed by atoms with Gasteiger partial charge in [0, 0.05) is 19.1 Å². The first-order chi connectivity index (χ1) is 15.8. The molecular formula is C21H18ClF3NO8-. The lowest BCUT2D eigenvalue weighted by Crippen LogP contribution is -2.43. The van der Waals surface area contributed by atoms with Crippen LogP contribution in [0.2, 0.25) is 5.02 Å². The monoisotopic (exact) mass is 504 g/mol. The number of halogens is 4. The number of carbonyl (C=O) groups is 2. The van der Waals surface area contributed by atoms with Crippen LogP contribution in [-0.2, 0) is 20.4 Å². The lowest BCUT2D eigenvalue weighted by molar-refractivity contribution is -0.385. The number of rotatable bonds is 11. The van der Waals surface area contributed by atoms with E-state index in [4.69, 9.17) is 25.8 Å². The molecule has 0 radical (unpaired) electrons. The Morgan fingerprint density at radius 3 is 2.38 bits per heavy atom. The van der Waals surface area contributed by atoms with Crippen LogP contribution in [-0.4, -0.2) is 43.1 Å². The summed E-state index contributed by atoms with van der Waals surface area (Å²) >= 11 is 5.85. The number of alkyl halides is 3. The number of nitrogens with zero attached hydrogens (tertiary/aromatic N) is 1. The van der Waals surface area contributed by atoms with Gasteiger partial charge in [-0.05, 0) is 30.3 Å². The molecular weight excluding hydrogens is 487 g/mol. The van der Waals surface area contributed by atoms with Crippen LogP contribution in [0.3, 0.4) is 0 Å². The van der Waals surface area contributed by atoms with Crippen LogP contribution in [0, 0.1) is 16.0 Å². The number of hydrogen-bond donors (Lipinski definition) is 0. The maximum atomic E-state index is 12.8. The number of ether oxygens (including phenoxy) is 3. The van der Waals surface area contributed by atoms with Gasteiger partial charge in [0.25, 0.3) is 5.69 Å². The van der Waals surface area contributed by atoms with Crippen molar-refractivity contribution in [2.24, 2.45) is 5.92 Å². The molecule has 0 spiro atoms. The molecule has 9 nitrogen and oxygen atoms in total. The normalized spacial score (nSPS) is 13.2. The lowest BCUT2D eigenvalue weighted by atomic mass is 10.1. The van der Waals surface area contributed by atoms with Gasteiger partial charge >= 0.3 is 6.18 Å². The number of aliphatic carboxylic acids is 1. The second-order valence-corrected chi connectivity index (χ2v) is 7.49. The summed E-state index contributed by atoms with van der Waals surface area (Å²) in [7, 11) is 1.34. The third-order valence-electron chi connectivity index (χ3n) is 4.52. The van der Waals surface area contributed by atoms with Gasteiger partial charge in [-0.25, -0.2) is 0 Å². The Kier molecular flexibility index (Phi) is 8.96. The number of carboxylic acids is 1. The molecule has 0 amide bonds. The topological polar surface area (TPSA) is 128 Å². The minimum absolute atomic E-state index is 0.00972. The zero-order valence-corrected chi connectivity index (χ0v) is 18.5. The van der Waals surface area contributed by atoms with Gasteiger partial charge in [0.1, 0.15) is 29.8 Å². The van der Waals surface area contributed by atoms with Crippen LogP contribution in [0.15, 0.2) is 36.4 Å². The van der Waals surface area contributed by atoms with E-state index in [1.165, 1.54) is 14.0 Å².